The molecule has 3 aliphatic heterocycles. The van der Waals surface area contributed by atoms with E-state index in [4.69, 9.17) is 4.42 Å². The lowest BCUT2D eigenvalue weighted by Crippen LogP contribution is -2.62. The van der Waals surface area contributed by atoms with Crippen LogP contribution in [0.5, 0.6) is 0 Å². The molecule has 0 radical (unpaired) electrons. The SMILES string of the molecule is Cc1cc2c3c(c1)N(c1ccc(C(C)(C)C)cc1-c1ccccc1)c1c(oc4cc5c(cc14)C(C)(C)CCC5(C)C)B3c1ccc3c4c1N2c1cc2c(cc1C4(C)CCC3(C)C)C(C)(C)CCC2(C)C. The summed E-state index contributed by atoms with van der Waals surface area (Å²) in [5.41, 5.74) is 28.2. The van der Waals surface area contributed by atoms with Crippen LogP contribution < -0.4 is 26.4 Å². The predicted octanol–water partition coefficient (Wildman–Crippen LogP) is 16.2. The third-order valence-electron chi connectivity index (χ3n) is 19.5. The summed E-state index contributed by atoms with van der Waals surface area (Å²) in [5.74, 6) is 0. The Morgan fingerprint density at radius 3 is 1.69 bits per heavy atom. The highest BCUT2D eigenvalue weighted by atomic mass is 16.3. The first-order chi connectivity index (χ1) is 32.8. The molecule has 0 saturated heterocycles. The second-order valence-electron chi connectivity index (χ2n) is 27.5. The van der Waals surface area contributed by atoms with E-state index in [0.717, 1.165) is 36.9 Å². The normalized spacial score (nSPS) is 22.1. The molecule has 1 aromatic heterocycles. The number of benzene rings is 6. The van der Waals surface area contributed by atoms with Gasteiger partial charge in [-0.15, -0.1) is 0 Å². The van der Waals surface area contributed by atoms with Crippen molar-refractivity contribution in [3.8, 4) is 11.1 Å². The van der Waals surface area contributed by atoms with E-state index >= 15 is 0 Å². The summed E-state index contributed by atoms with van der Waals surface area (Å²) >= 11 is 0. The van der Waals surface area contributed by atoms with Crippen molar-refractivity contribution in [1.82, 2.24) is 0 Å². The molecule has 0 bridgehead atoms. The summed E-state index contributed by atoms with van der Waals surface area (Å²) in [5, 5.41) is 1.22. The lowest BCUT2D eigenvalue weighted by molar-refractivity contribution is 0.327. The highest BCUT2D eigenvalue weighted by molar-refractivity contribution is 7.00. The fourth-order valence-electron chi connectivity index (χ4n) is 14.8. The number of fused-ring (bicyclic) bond motifs is 11. The molecule has 0 N–H and O–H groups in total. The lowest BCUT2D eigenvalue weighted by atomic mass is 9.34. The van der Waals surface area contributed by atoms with E-state index in [9.17, 15) is 0 Å². The number of aryl methyl sites for hydroxylation is 1. The Bertz CT molecular complexity index is 3440. The van der Waals surface area contributed by atoms with Crippen LogP contribution in [0.4, 0.5) is 34.1 Å². The van der Waals surface area contributed by atoms with Crippen LogP contribution in [0, 0.1) is 6.92 Å². The summed E-state index contributed by atoms with van der Waals surface area (Å²) in [7, 11) is 0. The minimum absolute atomic E-state index is 0.0287. The van der Waals surface area contributed by atoms with Crippen LogP contribution in [0.25, 0.3) is 22.1 Å². The van der Waals surface area contributed by atoms with Crippen molar-refractivity contribution in [2.75, 3.05) is 9.80 Å². The Kier molecular flexibility index (Phi) is 8.72. The van der Waals surface area contributed by atoms with Crippen molar-refractivity contribution in [2.24, 2.45) is 0 Å². The largest absolute Gasteiger partial charge is 0.468 e. The van der Waals surface area contributed by atoms with Gasteiger partial charge in [0, 0.05) is 33.4 Å². The molecule has 6 aliphatic rings. The van der Waals surface area contributed by atoms with Gasteiger partial charge in [0.2, 0.25) is 0 Å². The molecular formula is C66H73BN2O. The number of rotatable bonds is 2. The van der Waals surface area contributed by atoms with Gasteiger partial charge in [0.05, 0.1) is 22.7 Å². The molecule has 0 amide bonds. The Morgan fingerprint density at radius 1 is 0.500 bits per heavy atom. The first kappa shape index (κ1) is 44.5. The van der Waals surface area contributed by atoms with Crippen molar-refractivity contribution in [3.05, 3.63) is 147 Å². The maximum Gasteiger partial charge on any atom is 0.297 e. The van der Waals surface area contributed by atoms with E-state index in [0.29, 0.717) is 0 Å². The molecule has 1 unspecified atom stereocenters. The van der Waals surface area contributed by atoms with Gasteiger partial charge in [-0.2, -0.15) is 0 Å². The van der Waals surface area contributed by atoms with Crippen LogP contribution in [-0.2, 0) is 37.9 Å². The summed E-state index contributed by atoms with van der Waals surface area (Å²) < 4.78 is 7.75. The first-order valence-corrected chi connectivity index (χ1v) is 26.8. The van der Waals surface area contributed by atoms with Gasteiger partial charge >= 0.3 is 0 Å². The van der Waals surface area contributed by atoms with Gasteiger partial charge in [0.15, 0.2) is 0 Å². The van der Waals surface area contributed by atoms with Crippen molar-refractivity contribution in [2.45, 2.75) is 180 Å². The van der Waals surface area contributed by atoms with Gasteiger partial charge in [-0.1, -0.05) is 152 Å². The first-order valence-electron chi connectivity index (χ1n) is 26.8. The average molecular weight is 921 g/mol. The summed E-state index contributed by atoms with van der Waals surface area (Å²) in [6.45, 7) is 36.7. The molecule has 0 spiro atoms. The molecule has 4 heteroatoms. The third kappa shape index (κ3) is 5.83. The lowest BCUT2D eigenvalue weighted by Gasteiger charge is -2.55. The van der Waals surface area contributed by atoms with E-state index in [1.807, 2.05) is 0 Å². The van der Waals surface area contributed by atoms with Crippen LogP contribution in [0.15, 0.2) is 101 Å². The fourth-order valence-corrected chi connectivity index (χ4v) is 14.8. The van der Waals surface area contributed by atoms with E-state index < -0.39 is 0 Å². The highest BCUT2D eigenvalue weighted by Gasteiger charge is 2.56. The van der Waals surface area contributed by atoms with Gasteiger partial charge in [0.1, 0.15) is 5.58 Å². The zero-order valence-electron chi connectivity index (χ0n) is 44.9. The van der Waals surface area contributed by atoms with Crippen LogP contribution in [0.1, 0.15) is 186 Å². The van der Waals surface area contributed by atoms with Gasteiger partial charge < -0.3 is 14.2 Å². The quantitative estimate of drug-likeness (QED) is 0.161. The topological polar surface area (TPSA) is 19.6 Å². The average Bonchev–Trinajstić information content (AvgIpc) is 3.68. The molecule has 0 saturated carbocycles. The minimum atomic E-state index is -0.147. The number of anilines is 6. The molecule has 0 fully saturated rings. The van der Waals surface area contributed by atoms with Crippen LogP contribution in [-0.4, -0.2) is 6.71 Å². The molecule has 70 heavy (non-hydrogen) atoms. The second-order valence-corrected chi connectivity index (χ2v) is 27.5. The highest BCUT2D eigenvalue weighted by Crippen LogP contribution is 2.63. The number of hydrogen-bond acceptors (Lipinski definition) is 3. The Morgan fingerprint density at radius 2 is 1.06 bits per heavy atom. The maximum absolute atomic E-state index is 7.75. The second kappa shape index (κ2) is 13.7. The van der Waals surface area contributed by atoms with Crippen molar-refractivity contribution in [1.29, 1.82) is 0 Å². The molecule has 1 atom stereocenters. The third-order valence-corrected chi connectivity index (χ3v) is 19.5. The minimum Gasteiger partial charge on any atom is -0.468 e. The van der Waals surface area contributed by atoms with Crippen LogP contribution >= 0.6 is 0 Å². The molecule has 7 aromatic rings. The number of furan rings is 1. The monoisotopic (exact) mass is 921 g/mol. The number of hydrogen-bond donors (Lipinski definition) is 0. The van der Waals surface area contributed by atoms with E-state index in [2.05, 4.69) is 211 Å². The fraction of sp³-hybridized carbons (Fsp3) is 0.424. The molecule has 4 heterocycles. The summed E-state index contributed by atoms with van der Waals surface area (Å²) in [6, 6.07) is 39.0. The van der Waals surface area contributed by atoms with Crippen molar-refractivity contribution >= 4 is 68.4 Å². The Hall–Kier alpha value is -5.48. The van der Waals surface area contributed by atoms with E-state index in [1.54, 1.807) is 11.1 Å². The van der Waals surface area contributed by atoms with Crippen LogP contribution in [0.2, 0.25) is 0 Å². The molecular weight excluding hydrogens is 848 g/mol. The Labute approximate surface area is 419 Å². The Balaban J connectivity index is 1.19. The van der Waals surface area contributed by atoms with Gasteiger partial charge in [0.25, 0.3) is 6.71 Å². The molecule has 3 nitrogen and oxygen atoms in total. The van der Waals surface area contributed by atoms with Crippen molar-refractivity contribution < 1.29 is 4.42 Å². The molecule has 13 rings (SSSR count). The summed E-state index contributed by atoms with van der Waals surface area (Å²) in [6.07, 6.45) is 6.98. The standard InChI is InChI=1S/C66H73BN2O/c1-38-31-52-56-53(32-38)69-51-36-46-45(63(9,10)26-27-64(46,11)12)35-48(51)66(15)30-29-61(5,6)43-22-23-49(58(69)55(43)66)67(56)59-57(42-34-44-47(37-54(42)70-59)65(13,14)28-25-62(44,7)8)68(52)50-24-21-40(60(2,3)4)33-41(50)39-19-17-16-18-20-39/h16-24,31-37H,25-30H2,1-15H3. The molecule has 3 aliphatic carbocycles. The van der Waals surface area contributed by atoms with E-state index in [-0.39, 0.29) is 44.6 Å². The van der Waals surface area contributed by atoms with Crippen LogP contribution in [0.3, 0.4) is 0 Å². The van der Waals surface area contributed by atoms with Gasteiger partial charge in [-0.05, 0) is 187 Å². The molecule has 356 valence electrons. The molecule has 6 aromatic carbocycles. The van der Waals surface area contributed by atoms with Gasteiger partial charge in [-0.25, -0.2) is 0 Å². The predicted molar refractivity (Wildman–Crippen MR) is 298 cm³/mol. The zero-order chi connectivity index (χ0) is 49.2. The number of nitrogens with zero attached hydrogens (tertiary/aromatic N) is 2. The van der Waals surface area contributed by atoms with Crippen molar-refractivity contribution in [3.63, 3.8) is 0 Å². The van der Waals surface area contributed by atoms with E-state index in [1.165, 1.54) is 113 Å². The van der Waals surface area contributed by atoms with Gasteiger partial charge in [-0.3, -0.25) is 0 Å². The summed E-state index contributed by atoms with van der Waals surface area (Å²) in [4.78, 5) is 5.44. The smallest absolute Gasteiger partial charge is 0.297 e. The zero-order valence-corrected chi connectivity index (χ0v) is 44.9. The maximum atomic E-state index is 7.75.